The molecule has 3 heteroatoms. The van der Waals surface area contributed by atoms with E-state index in [9.17, 15) is 0 Å². The van der Waals surface area contributed by atoms with Gasteiger partial charge in [0.25, 0.3) is 0 Å². The molecule has 0 radical (unpaired) electrons. The van der Waals surface area contributed by atoms with E-state index >= 15 is 0 Å². The quantitative estimate of drug-likeness (QED) is 0.537. The van der Waals surface area contributed by atoms with Gasteiger partial charge < -0.3 is 9.31 Å². The lowest BCUT2D eigenvalue weighted by atomic mass is 9.86. The molecule has 2 aliphatic rings. The zero-order valence-corrected chi connectivity index (χ0v) is 11.4. The molecular weight excluding hydrogens is 211 g/mol. The number of allylic oxidation sites excluding steroid dienone is 3. The van der Waals surface area contributed by atoms with Crippen molar-refractivity contribution in [3.8, 4) is 0 Å². The minimum absolute atomic E-state index is 0.199. The molecular formula is C14H23BO2. The van der Waals surface area contributed by atoms with Crippen LogP contribution in [0.5, 0.6) is 0 Å². The van der Waals surface area contributed by atoms with Gasteiger partial charge in [0.15, 0.2) is 0 Å². The van der Waals surface area contributed by atoms with Crippen LogP contribution in [-0.4, -0.2) is 18.3 Å². The monoisotopic (exact) mass is 234 g/mol. The number of hydrogen-bond donors (Lipinski definition) is 0. The van der Waals surface area contributed by atoms with Crippen LogP contribution in [0.1, 0.15) is 47.0 Å². The Balaban J connectivity index is 1.95. The van der Waals surface area contributed by atoms with Gasteiger partial charge in [-0.3, -0.25) is 0 Å². The van der Waals surface area contributed by atoms with E-state index in [4.69, 9.17) is 9.31 Å². The van der Waals surface area contributed by atoms with E-state index in [-0.39, 0.29) is 18.3 Å². The molecule has 0 aromatic carbocycles. The fourth-order valence-electron chi connectivity index (χ4n) is 2.20. The maximum Gasteiger partial charge on any atom is 0.486 e. The van der Waals surface area contributed by atoms with Crippen molar-refractivity contribution in [1.82, 2.24) is 0 Å². The predicted molar refractivity (Wildman–Crippen MR) is 71.7 cm³/mol. The van der Waals surface area contributed by atoms with Gasteiger partial charge in [0.1, 0.15) is 0 Å². The van der Waals surface area contributed by atoms with Gasteiger partial charge >= 0.3 is 7.12 Å². The zero-order valence-electron chi connectivity index (χ0n) is 11.4. The van der Waals surface area contributed by atoms with Gasteiger partial charge in [-0.2, -0.15) is 0 Å². The molecule has 2 nitrogen and oxygen atoms in total. The molecule has 1 heterocycles. The van der Waals surface area contributed by atoms with Crippen molar-refractivity contribution in [3.05, 3.63) is 24.2 Å². The first kappa shape index (κ1) is 12.9. The summed E-state index contributed by atoms with van der Waals surface area (Å²) in [5.74, 6) is 2.62. The maximum absolute atomic E-state index is 5.92. The molecule has 1 aliphatic carbocycles. The molecule has 0 N–H and O–H groups in total. The van der Waals surface area contributed by atoms with Crippen LogP contribution in [0.4, 0.5) is 0 Å². The van der Waals surface area contributed by atoms with E-state index in [1.807, 2.05) is 0 Å². The first-order valence-corrected chi connectivity index (χ1v) is 6.61. The summed E-state index contributed by atoms with van der Waals surface area (Å²) in [5.41, 5.74) is -0.463. The van der Waals surface area contributed by atoms with Crippen molar-refractivity contribution in [2.75, 3.05) is 0 Å². The Kier molecular flexibility index (Phi) is 3.51. The molecule has 0 spiro atoms. The van der Waals surface area contributed by atoms with Crippen molar-refractivity contribution >= 4 is 7.12 Å². The second-order valence-corrected chi connectivity index (χ2v) is 6.03. The predicted octanol–water partition coefficient (Wildman–Crippen LogP) is 3.53. The Morgan fingerprint density at radius 2 is 1.82 bits per heavy atom. The second kappa shape index (κ2) is 4.62. The third-order valence-electron chi connectivity index (χ3n) is 4.08. The fourth-order valence-corrected chi connectivity index (χ4v) is 2.20. The van der Waals surface area contributed by atoms with Crippen LogP contribution in [0.3, 0.4) is 0 Å². The van der Waals surface area contributed by atoms with Crippen LogP contribution in [0.15, 0.2) is 24.2 Å². The smallest absolute Gasteiger partial charge is 0.400 e. The van der Waals surface area contributed by atoms with Crippen LogP contribution >= 0.6 is 0 Å². The van der Waals surface area contributed by atoms with Gasteiger partial charge in [0.05, 0.1) is 11.2 Å². The van der Waals surface area contributed by atoms with E-state index in [0.29, 0.717) is 5.92 Å². The highest BCUT2D eigenvalue weighted by atomic mass is 16.7. The van der Waals surface area contributed by atoms with E-state index in [1.165, 1.54) is 19.3 Å². The first-order valence-electron chi connectivity index (χ1n) is 6.61. The summed E-state index contributed by atoms with van der Waals surface area (Å²) >= 11 is 0. The fraction of sp³-hybridized carbons (Fsp3) is 0.714. The largest absolute Gasteiger partial charge is 0.486 e. The summed E-state index contributed by atoms with van der Waals surface area (Å²) in [4.78, 5) is 0. The van der Waals surface area contributed by atoms with E-state index in [1.54, 1.807) is 0 Å². The molecule has 1 unspecified atom stereocenters. The Morgan fingerprint density at radius 3 is 2.35 bits per heavy atom. The molecule has 0 aromatic heterocycles. The van der Waals surface area contributed by atoms with Crippen LogP contribution in [0.25, 0.3) is 0 Å². The van der Waals surface area contributed by atoms with Crippen LogP contribution < -0.4 is 0 Å². The van der Waals surface area contributed by atoms with E-state index in [2.05, 4.69) is 51.9 Å². The summed E-state index contributed by atoms with van der Waals surface area (Å²) < 4.78 is 11.8. The van der Waals surface area contributed by atoms with Crippen molar-refractivity contribution in [2.45, 2.75) is 58.2 Å². The molecule has 1 saturated heterocycles. The van der Waals surface area contributed by atoms with E-state index < -0.39 is 0 Å². The Labute approximate surface area is 105 Å². The molecule has 1 aliphatic heterocycles. The minimum Gasteiger partial charge on any atom is -0.400 e. The highest BCUT2D eigenvalue weighted by Crippen LogP contribution is 2.37. The molecule has 94 valence electrons. The van der Waals surface area contributed by atoms with Gasteiger partial charge in [-0.1, -0.05) is 24.2 Å². The molecule has 17 heavy (non-hydrogen) atoms. The summed E-state index contributed by atoms with van der Waals surface area (Å²) in [7, 11) is -0.199. The van der Waals surface area contributed by atoms with Crippen LogP contribution in [0.2, 0.25) is 0 Å². The van der Waals surface area contributed by atoms with E-state index in [0.717, 1.165) is 0 Å². The van der Waals surface area contributed by atoms with Gasteiger partial charge in [-0.05, 0) is 52.9 Å². The molecule has 0 aromatic rings. The van der Waals surface area contributed by atoms with Gasteiger partial charge in [-0.15, -0.1) is 0 Å². The first-order chi connectivity index (χ1) is 7.91. The van der Waals surface area contributed by atoms with Crippen molar-refractivity contribution in [1.29, 1.82) is 0 Å². The molecule has 0 saturated carbocycles. The summed E-state index contributed by atoms with van der Waals surface area (Å²) in [6.45, 7) is 8.34. The molecule has 2 rings (SSSR count). The number of rotatable bonds is 2. The Bertz CT molecular complexity index is 315. The van der Waals surface area contributed by atoms with Gasteiger partial charge in [0.2, 0.25) is 0 Å². The average Bonchev–Trinajstić information content (AvgIpc) is 2.46. The lowest BCUT2D eigenvalue weighted by Crippen LogP contribution is -2.41. The summed E-state index contributed by atoms with van der Waals surface area (Å²) in [6, 6.07) is 0. The third-order valence-corrected chi connectivity index (χ3v) is 4.08. The average molecular weight is 234 g/mol. The lowest BCUT2D eigenvalue weighted by Gasteiger charge is -2.32. The number of hydrogen-bond acceptors (Lipinski definition) is 2. The molecule has 1 atom stereocenters. The SMILES string of the molecule is CC1(C)OB(/C=C/C2C=CCCC2)OC1(C)C. The van der Waals surface area contributed by atoms with Gasteiger partial charge in [0, 0.05) is 0 Å². The topological polar surface area (TPSA) is 18.5 Å². The Hall–Kier alpha value is -0.535. The summed E-state index contributed by atoms with van der Waals surface area (Å²) in [5, 5.41) is 0. The minimum atomic E-state index is -0.232. The Morgan fingerprint density at radius 1 is 1.18 bits per heavy atom. The second-order valence-electron chi connectivity index (χ2n) is 6.03. The zero-order chi connectivity index (χ0) is 12.5. The van der Waals surface area contributed by atoms with Crippen molar-refractivity contribution in [2.24, 2.45) is 5.92 Å². The van der Waals surface area contributed by atoms with Crippen LogP contribution in [0, 0.1) is 5.92 Å². The highest BCUT2D eigenvalue weighted by molar-refractivity contribution is 6.51. The molecule has 1 fully saturated rings. The lowest BCUT2D eigenvalue weighted by molar-refractivity contribution is 0.00578. The van der Waals surface area contributed by atoms with Crippen molar-refractivity contribution in [3.63, 3.8) is 0 Å². The summed E-state index contributed by atoms with van der Waals surface area (Å²) in [6.07, 6.45) is 10.5. The van der Waals surface area contributed by atoms with Crippen molar-refractivity contribution < 1.29 is 9.31 Å². The van der Waals surface area contributed by atoms with Gasteiger partial charge in [-0.25, -0.2) is 0 Å². The highest BCUT2D eigenvalue weighted by Gasteiger charge is 2.49. The third kappa shape index (κ3) is 2.83. The van der Waals surface area contributed by atoms with Crippen LogP contribution in [-0.2, 0) is 9.31 Å². The molecule has 0 amide bonds. The standard InChI is InChI=1S/C14H23BO2/c1-13(2)14(3,4)17-15(16-13)11-10-12-8-6-5-7-9-12/h6,8,10-12H,5,7,9H2,1-4H3/b11-10+. The maximum atomic E-state index is 5.92. The molecule has 0 bridgehead atoms. The normalized spacial score (nSPS) is 31.3.